The smallest absolute Gasteiger partial charge is 0.336 e. The molecule has 3 rings (SSSR count). The Bertz CT molecular complexity index is 792. The second-order valence-corrected chi connectivity index (χ2v) is 4.91. The lowest BCUT2D eigenvalue weighted by molar-refractivity contribution is 0.0692. The normalized spacial score (nSPS) is 12.8. The zero-order valence-corrected chi connectivity index (χ0v) is 11.0. The van der Waals surface area contributed by atoms with Crippen LogP contribution in [0.4, 0.5) is 0 Å². The second-order valence-electron chi connectivity index (χ2n) is 4.42. The van der Waals surface area contributed by atoms with Crippen LogP contribution in [-0.4, -0.2) is 22.6 Å². The van der Waals surface area contributed by atoms with Crippen LogP contribution in [0.2, 0.25) is 0 Å². The first-order valence-electron chi connectivity index (χ1n) is 5.79. The molecule has 0 spiro atoms. The molecule has 0 aliphatic heterocycles. The Morgan fingerprint density at radius 2 is 1.40 bits per heavy atom. The molecule has 4 nitrogen and oxygen atoms in total. The van der Waals surface area contributed by atoms with Crippen molar-refractivity contribution in [2.24, 2.45) is 0 Å². The molecule has 1 aliphatic carbocycles. The number of thiol groups is 1. The Morgan fingerprint density at radius 3 is 1.90 bits per heavy atom. The molecule has 0 saturated carbocycles. The maximum absolute atomic E-state index is 12.4. The van der Waals surface area contributed by atoms with Gasteiger partial charge in [0.15, 0.2) is 11.6 Å². The molecule has 1 N–H and O–H groups in total. The molecule has 0 radical (unpaired) electrons. The highest BCUT2D eigenvalue weighted by Gasteiger charge is 2.30. The molecule has 0 amide bonds. The van der Waals surface area contributed by atoms with Gasteiger partial charge < -0.3 is 5.11 Å². The van der Waals surface area contributed by atoms with Gasteiger partial charge in [0.25, 0.3) is 0 Å². The van der Waals surface area contributed by atoms with E-state index in [4.69, 9.17) is 5.11 Å². The fourth-order valence-electron chi connectivity index (χ4n) is 2.30. The van der Waals surface area contributed by atoms with Crippen molar-refractivity contribution < 1.29 is 19.5 Å². The summed E-state index contributed by atoms with van der Waals surface area (Å²) in [6, 6.07) is 9.06. The van der Waals surface area contributed by atoms with Crippen molar-refractivity contribution in [3.63, 3.8) is 0 Å². The topological polar surface area (TPSA) is 71.4 Å². The number of benzene rings is 2. The van der Waals surface area contributed by atoms with Crippen LogP contribution >= 0.6 is 12.6 Å². The third-order valence-corrected chi connectivity index (χ3v) is 3.64. The van der Waals surface area contributed by atoms with E-state index in [-0.39, 0.29) is 33.2 Å². The lowest BCUT2D eigenvalue weighted by Gasteiger charge is -2.18. The third kappa shape index (κ3) is 1.67. The zero-order valence-electron chi connectivity index (χ0n) is 10.1. The summed E-state index contributed by atoms with van der Waals surface area (Å²) in [6.45, 7) is 0. The second kappa shape index (κ2) is 4.31. The summed E-state index contributed by atoms with van der Waals surface area (Å²) in [4.78, 5) is 36.0. The molecule has 5 heteroatoms. The van der Waals surface area contributed by atoms with Crippen LogP contribution in [0.3, 0.4) is 0 Å². The van der Waals surface area contributed by atoms with Gasteiger partial charge in [-0.05, 0) is 12.1 Å². The van der Waals surface area contributed by atoms with Gasteiger partial charge in [-0.15, -0.1) is 12.6 Å². The molecular weight excluding hydrogens is 276 g/mol. The summed E-state index contributed by atoms with van der Waals surface area (Å²) in [7, 11) is 0. The quantitative estimate of drug-likeness (QED) is 0.673. The van der Waals surface area contributed by atoms with Gasteiger partial charge in [0.2, 0.25) is 0 Å². The molecule has 0 atom stereocenters. The Morgan fingerprint density at radius 1 is 0.900 bits per heavy atom. The summed E-state index contributed by atoms with van der Waals surface area (Å²) >= 11 is 4.07. The van der Waals surface area contributed by atoms with E-state index in [9.17, 15) is 14.4 Å². The highest BCUT2D eigenvalue weighted by molar-refractivity contribution is 7.80. The van der Waals surface area contributed by atoms with Crippen molar-refractivity contribution in [2.75, 3.05) is 0 Å². The summed E-state index contributed by atoms with van der Waals surface area (Å²) in [5, 5.41) is 9.07. The predicted octanol–water partition coefficient (Wildman–Crippen LogP) is 2.45. The molecule has 0 fully saturated rings. The maximum Gasteiger partial charge on any atom is 0.336 e. The van der Waals surface area contributed by atoms with E-state index >= 15 is 0 Å². The molecule has 0 heterocycles. The van der Waals surface area contributed by atoms with Crippen LogP contribution in [0.1, 0.15) is 42.2 Å². The monoisotopic (exact) mass is 284 g/mol. The van der Waals surface area contributed by atoms with E-state index < -0.39 is 5.97 Å². The molecule has 0 saturated heterocycles. The highest BCUT2D eigenvalue weighted by Crippen LogP contribution is 2.30. The van der Waals surface area contributed by atoms with Crippen molar-refractivity contribution in [3.8, 4) is 0 Å². The average molecular weight is 284 g/mol. The van der Waals surface area contributed by atoms with E-state index in [0.717, 1.165) is 0 Å². The van der Waals surface area contributed by atoms with E-state index in [1.54, 1.807) is 24.3 Å². The summed E-state index contributed by atoms with van der Waals surface area (Å²) < 4.78 is 0. The Hall–Kier alpha value is -2.40. The van der Waals surface area contributed by atoms with E-state index in [2.05, 4.69) is 12.6 Å². The standard InChI is InChI=1S/C15H8O4S/c16-13-7-3-1-2-4-8(7)14(17)10-6-12(20)11(15(18)19)5-9(10)13/h1-6,20H,(H,18,19). The Kier molecular flexibility index (Phi) is 2.72. The zero-order chi connectivity index (χ0) is 14.4. The van der Waals surface area contributed by atoms with Crippen LogP contribution in [0.25, 0.3) is 0 Å². The summed E-state index contributed by atoms with van der Waals surface area (Å²) in [6.07, 6.45) is 0. The Balaban J connectivity index is 2.31. The first kappa shape index (κ1) is 12.6. The van der Waals surface area contributed by atoms with Gasteiger partial charge in [-0.2, -0.15) is 0 Å². The van der Waals surface area contributed by atoms with Crippen LogP contribution in [0.5, 0.6) is 0 Å². The first-order chi connectivity index (χ1) is 9.50. The van der Waals surface area contributed by atoms with Crippen molar-refractivity contribution in [2.45, 2.75) is 4.90 Å². The van der Waals surface area contributed by atoms with Crippen molar-refractivity contribution in [1.82, 2.24) is 0 Å². The first-order valence-corrected chi connectivity index (χ1v) is 6.24. The molecule has 2 aromatic rings. The molecule has 2 aromatic carbocycles. The molecule has 20 heavy (non-hydrogen) atoms. The number of rotatable bonds is 1. The highest BCUT2D eigenvalue weighted by atomic mass is 32.1. The fraction of sp³-hybridized carbons (Fsp3) is 0. The predicted molar refractivity (Wildman–Crippen MR) is 74.0 cm³/mol. The fourth-order valence-corrected chi connectivity index (χ4v) is 2.59. The molecular formula is C15H8O4S. The molecule has 98 valence electrons. The van der Waals surface area contributed by atoms with Gasteiger partial charge in [0.1, 0.15) is 0 Å². The minimum absolute atomic E-state index is 0.0902. The van der Waals surface area contributed by atoms with Crippen LogP contribution in [0.15, 0.2) is 41.3 Å². The molecule has 0 bridgehead atoms. The van der Waals surface area contributed by atoms with E-state index in [1.807, 2.05) is 0 Å². The number of carboxylic acid groups (broad SMARTS) is 1. The van der Waals surface area contributed by atoms with Crippen LogP contribution in [0, 0.1) is 0 Å². The number of hydrogen-bond acceptors (Lipinski definition) is 4. The van der Waals surface area contributed by atoms with Crippen molar-refractivity contribution in [3.05, 3.63) is 64.2 Å². The number of carbonyl (C=O) groups is 3. The lowest BCUT2D eigenvalue weighted by atomic mass is 9.83. The van der Waals surface area contributed by atoms with E-state index in [1.165, 1.54) is 12.1 Å². The van der Waals surface area contributed by atoms with Gasteiger partial charge in [0, 0.05) is 27.1 Å². The van der Waals surface area contributed by atoms with Crippen LogP contribution in [-0.2, 0) is 0 Å². The van der Waals surface area contributed by atoms with Crippen LogP contribution < -0.4 is 0 Å². The maximum atomic E-state index is 12.4. The van der Waals surface area contributed by atoms with Crippen molar-refractivity contribution >= 4 is 30.2 Å². The number of carboxylic acids is 1. The number of hydrogen-bond donors (Lipinski definition) is 2. The van der Waals surface area contributed by atoms with Gasteiger partial charge in [-0.3, -0.25) is 9.59 Å². The molecule has 0 aromatic heterocycles. The SMILES string of the molecule is O=C(O)c1cc2c(cc1S)C(=O)c1ccccc1C2=O. The summed E-state index contributed by atoms with van der Waals surface area (Å²) in [5.74, 6) is -1.81. The largest absolute Gasteiger partial charge is 0.478 e. The minimum Gasteiger partial charge on any atom is -0.478 e. The average Bonchev–Trinajstić information content (AvgIpc) is 2.44. The van der Waals surface area contributed by atoms with Gasteiger partial charge >= 0.3 is 5.97 Å². The number of ketones is 2. The Labute approximate surface area is 119 Å². The van der Waals surface area contributed by atoms with E-state index in [0.29, 0.717) is 11.1 Å². The minimum atomic E-state index is -1.18. The number of aromatic carboxylic acids is 1. The van der Waals surface area contributed by atoms with Gasteiger partial charge in [-0.1, -0.05) is 24.3 Å². The number of carbonyl (C=O) groups excluding carboxylic acids is 2. The van der Waals surface area contributed by atoms with Gasteiger partial charge in [-0.25, -0.2) is 4.79 Å². The van der Waals surface area contributed by atoms with Crippen molar-refractivity contribution in [1.29, 1.82) is 0 Å². The lowest BCUT2D eigenvalue weighted by Crippen LogP contribution is -2.21. The molecule has 0 unspecified atom stereocenters. The number of fused-ring (bicyclic) bond motifs is 2. The van der Waals surface area contributed by atoms with Gasteiger partial charge in [0.05, 0.1) is 5.56 Å². The summed E-state index contributed by atoms with van der Waals surface area (Å²) in [5.41, 5.74) is 0.856. The molecule has 1 aliphatic rings. The third-order valence-electron chi connectivity index (χ3n) is 3.27.